The standard InChI is InChI=1S/C12H11BrFNO2S2/c1-7-3-4-9(14)6-10(7)15-19(16,17)11-5-8(2)12(13)18-11/h3-6,15H,1-2H3. The lowest BCUT2D eigenvalue weighted by Gasteiger charge is -2.09. The molecule has 0 fully saturated rings. The highest BCUT2D eigenvalue weighted by Gasteiger charge is 2.19. The van der Waals surface area contributed by atoms with Gasteiger partial charge in [-0.1, -0.05) is 6.07 Å². The van der Waals surface area contributed by atoms with Crippen molar-refractivity contribution in [3.8, 4) is 0 Å². The second-order valence-corrected chi connectivity index (χ2v) is 8.37. The summed E-state index contributed by atoms with van der Waals surface area (Å²) in [5.41, 5.74) is 1.76. The van der Waals surface area contributed by atoms with Gasteiger partial charge in [-0.2, -0.15) is 0 Å². The molecule has 0 atom stereocenters. The molecule has 1 aromatic carbocycles. The highest BCUT2D eigenvalue weighted by Crippen LogP contribution is 2.32. The van der Waals surface area contributed by atoms with Gasteiger partial charge in [-0.25, -0.2) is 12.8 Å². The molecule has 19 heavy (non-hydrogen) atoms. The average molecular weight is 364 g/mol. The first-order valence-electron chi connectivity index (χ1n) is 5.34. The van der Waals surface area contributed by atoms with E-state index in [0.29, 0.717) is 5.56 Å². The smallest absolute Gasteiger partial charge is 0.271 e. The number of sulfonamides is 1. The largest absolute Gasteiger partial charge is 0.279 e. The first-order chi connectivity index (χ1) is 8.79. The maximum Gasteiger partial charge on any atom is 0.271 e. The van der Waals surface area contributed by atoms with Crippen molar-refractivity contribution in [3.63, 3.8) is 0 Å². The molecule has 0 aliphatic heterocycles. The number of hydrogen-bond acceptors (Lipinski definition) is 3. The Balaban J connectivity index is 2.39. The Labute approximate surface area is 123 Å². The van der Waals surface area contributed by atoms with E-state index in [1.807, 2.05) is 6.92 Å². The maximum absolute atomic E-state index is 13.2. The molecule has 2 rings (SSSR count). The molecule has 0 amide bonds. The van der Waals surface area contributed by atoms with E-state index in [1.54, 1.807) is 13.0 Å². The number of hydrogen-bond donors (Lipinski definition) is 1. The molecule has 0 saturated heterocycles. The summed E-state index contributed by atoms with van der Waals surface area (Å²) in [6, 6.07) is 5.57. The first-order valence-corrected chi connectivity index (χ1v) is 8.44. The SMILES string of the molecule is Cc1ccc(F)cc1NS(=O)(=O)c1cc(C)c(Br)s1. The van der Waals surface area contributed by atoms with Crippen LogP contribution in [0.5, 0.6) is 0 Å². The number of benzene rings is 1. The van der Waals surface area contributed by atoms with Crippen LogP contribution >= 0.6 is 27.3 Å². The summed E-state index contributed by atoms with van der Waals surface area (Å²) in [5.74, 6) is -0.480. The van der Waals surface area contributed by atoms with E-state index >= 15 is 0 Å². The molecule has 2 aromatic rings. The second-order valence-electron chi connectivity index (χ2n) is 4.09. The number of anilines is 1. The van der Waals surface area contributed by atoms with E-state index in [-0.39, 0.29) is 9.90 Å². The summed E-state index contributed by atoms with van der Waals surface area (Å²) in [5, 5.41) is 0. The van der Waals surface area contributed by atoms with Crippen LogP contribution in [0.15, 0.2) is 32.3 Å². The van der Waals surface area contributed by atoms with Crippen LogP contribution in [-0.4, -0.2) is 8.42 Å². The van der Waals surface area contributed by atoms with Crippen LogP contribution in [0.1, 0.15) is 11.1 Å². The molecule has 0 spiro atoms. The lowest BCUT2D eigenvalue weighted by Crippen LogP contribution is -2.12. The minimum atomic E-state index is -3.68. The van der Waals surface area contributed by atoms with Gasteiger partial charge in [0.05, 0.1) is 9.47 Å². The van der Waals surface area contributed by atoms with Crippen LogP contribution in [0, 0.1) is 19.7 Å². The monoisotopic (exact) mass is 363 g/mol. The van der Waals surface area contributed by atoms with Gasteiger partial charge < -0.3 is 0 Å². The zero-order valence-corrected chi connectivity index (χ0v) is 13.4. The summed E-state index contributed by atoms with van der Waals surface area (Å²) >= 11 is 4.41. The number of nitrogens with one attached hydrogen (secondary N) is 1. The summed E-state index contributed by atoms with van der Waals surface area (Å²) < 4.78 is 40.9. The molecule has 102 valence electrons. The lowest BCUT2D eigenvalue weighted by atomic mass is 10.2. The zero-order valence-electron chi connectivity index (χ0n) is 10.2. The van der Waals surface area contributed by atoms with Gasteiger partial charge in [-0.15, -0.1) is 11.3 Å². The highest BCUT2D eigenvalue weighted by molar-refractivity contribution is 9.11. The normalized spacial score (nSPS) is 11.6. The molecule has 7 heteroatoms. The fraction of sp³-hybridized carbons (Fsp3) is 0.167. The number of thiophene rings is 1. The van der Waals surface area contributed by atoms with Crippen molar-refractivity contribution in [1.82, 2.24) is 0 Å². The lowest BCUT2D eigenvalue weighted by molar-refractivity contribution is 0.603. The summed E-state index contributed by atoms with van der Waals surface area (Å²) in [7, 11) is -3.68. The van der Waals surface area contributed by atoms with E-state index in [1.165, 1.54) is 18.2 Å². The third kappa shape index (κ3) is 3.16. The predicted molar refractivity (Wildman–Crippen MR) is 78.7 cm³/mol. The molecule has 0 unspecified atom stereocenters. The number of rotatable bonds is 3. The van der Waals surface area contributed by atoms with Crippen LogP contribution < -0.4 is 4.72 Å². The minimum Gasteiger partial charge on any atom is -0.279 e. The Hall–Kier alpha value is -0.920. The van der Waals surface area contributed by atoms with E-state index in [0.717, 1.165) is 20.7 Å². The first kappa shape index (κ1) is 14.5. The van der Waals surface area contributed by atoms with Crippen molar-refractivity contribution in [1.29, 1.82) is 0 Å². The summed E-state index contributed by atoms with van der Waals surface area (Å²) in [6.07, 6.45) is 0. The fourth-order valence-electron chi connectivity index (χ4n) is 1.46. The topological polar surface area (TPSA) is 46.2 Å². The number of halogens is 2. The van der Waals surface area contributed by atoms with Crippen LogP contribution in [0.2, 0.25) is 0 Å². The van der Waals surface area contributed by atoms with Gasteiger partial charge >= 0.3 is 0 Å². The molecule has 0 saturated carbocycles. The van der Waals surface area contributed by atoms with Crippen LogP contribution in [0.3, 0.4) is 0 Å². The molecule has 0 aliphatic carbocycles. The fourth-order valence-corrected chi connectivity index (χ4v) is 4.81. The Bertz CT molecular complexity index is 706. The van der Waals surface area contributed by atoms with Gasteiger partial charge in [0.15, 0.2) is 0 Å². The Morgan fingerprint density at radius 2 is 1.89 bits per heavy atom. The second kappa shape index (κ2) is 5.22. The van der Waals surface area contributed by atoms with Gasteiger partial charge in [0.1, 0.15) is 10.0 Å². The summed E-state index contributed by atoms with van der Waals surface area (Å²) in [6.45, 7) is 3.53. The third-order valence-corrected chi connectivity index (χ3v) is 6.52. The summed E-state index contributed by atoms with van der Waals surface area (Å²) in [4.78, 5) is 0. The van der Waals surface area contributed by atoms with Crippen molar-refractivity contribution in [2.75, 3.05) is 4.72 Å². The van der Waals surface area contributed by atoms with Gasteiger partial charge in [-0.3, -0.25) is 4.72 Å². The molecular formula is C12H11BrFNO2S2. The molecule has 3 nitrogen and oxygen atoms in total. The molecular weight excluding hydrogens is 353 g/mol. The van der Waals surface area contributed by atoms with E-state index in [4.69, 9.17) is 0 Å². The molecule has 1 N–H and O–H groups in total. The van der Waals surface area contributed by atoms with Gasteiger partial charge in [0.25, 0.3) is 10.0 Å². The van der Waals surface area contributed by atoms with Crippen LogP contribution in [0.4, 0.5) is 10.1 Å². The Morgan fingerprint density at radius 1 is 1.21 bits per heavy atom. The number of aryl methyl sites for hydroxylation is 2. The Kier molecular flexibility index (Phi) is 3.98. The van der Waals surface area contributed by atoms with E-state index in [2.05, 4.69) is 20.7 Å². The van der Waals surface area contributed by atoms with Gasteiger partial charge in [-0.05, 0) is 59.1 Å². The quantitative estimate of drug-likeness (QED) is 0.893. The molecule has 0 radical (unpaired) electrons. The maximum atomic E-state index is 13.2. The molecule has 0 aliphatic rings. The van der Waals surface area contributed by atoms with Crippen molar-refractivity contribution in [2.24, 2.45) is 0 Å². The van der Waals surface area contributed by atoms with E-state index in [9.17, 15) is 12.8 Å². The minimum absolute atomic E-state index is 0.195. The van der Waals surface area contributed by atoms with E-state index < -0.39 is 15.8 Å². The van der Waals surface area contributed by atoms with Crippen molar-refractivity contribution in [3.05, 3.63) is 45.0 Å². The van der Waals surface area contributed by atoms with Crippen LogP contribution in [0.25, 0.3) is 0 Å². The predicted octanol–water partition coefficient (Wildman–Crippen LogP) is 4.07. The molecule has 0 bridgehead atoms. The van der Waals surface area contributed by atoms with Crippen molar-refractivity contribution >= 4 is 43.0 Å². The molecule has 1 heterocycles. The Morgan fingerprint density at radius 3 is 2.47 bits per heavy atom. The van der Waals surface area contributed by atoms with Gasteiger partial charge in [0, 0.05) is 0 Å². The van der Waals surface area contributed by atoms with Crippen molar-refractivity contribution in [2.45, 2.75) is 18.1 Å². The van der Waals surface area contributed by atoms with Crippen LogP contribution in [-0.2, 0) is 10.0 Å². The van der Waals surface area contributed by atoms with Crippen molar-refractivity contribution < 1.29 is 12.8 Å². The third-order valence-electron chi connectivity index (χ3n) is 2.54. The highest BCUT2D eigenvalue weighted by atomic mass is 79.9. The zero-order chi connectivity index (χ0) is 14.2. The average Bonchev–Trinajstić information content (AvgIpc) is 2.65. The molecule has 1 aromatic heterocycles. The van der Waals surface area contributed by atoms with Gasteiger partial charge in [0.2, 0.25) is 0 Å².